The van der Waals surface area contributed by atoms with Gasteiger partial charge in [-0.15, -0.1) is 0 Å². The maximum atomic E-state index is 11.6. The second-order valence-corrected chi connectivity index (χ2v) is 11.6. The van der Waals surface area contributed by atoms with E-state index in [1.165, 1.54) is 22.3 Å². The van der Waals surface area contributed by atoms with E-state index >= 15 is 0 Å². The van der Waals surface area contributed by atoms with Crippen molar-refractivity contribution in [2.24, 2.45) is 22.4 Å². The van der Waals surface area contributed by atoms with Gasteiger partial charge in [-0.1, -0.05) is 50.2 Å². The molecule has 0 unspecified atom stereocenters. The fourth-order valence-corrected chi connectivity index (χ4v) is 7.70. The zero-order valence-corrected chi connectivity index (χ0v) is 20.4. The highest BCUT2D eigenvalue weighted by Gasteiger charge is 2.56. The van der Waals surface area contributed by atoms with Crippen molar-refractivity contribution >= 4 is 10.3 Å². The van der Waals surface area contributed by atoms with Gasteiger partial charge in [0.25, 0.3) is 0 Å². The molecule has 5 rings (SSSR count). The van der Waals surface area contributed by atoms with Crippen molar-refractivity contribution in [2.75, 3.05) is 0 Å². The first-order valence-electron chi connectivity index (χ1n) is 12.3. The second kappa shape index (κ2) is 8.71. The van der Waals surface area contributed by atoms with Crippen LogP contribution >= 0.6 is 0 Å². The molecule has 178 valence electrons. The Bertz CT molecular complexity index is 1120. The molecule has 0 spiro atoms. The Hall–Kier alpha value is -1.89. The van der Waals surface area contributed by atoms with E-state index < -0.39 is 10.3 Å². The Balaban J connectivity index is 1.38. The molecule has 5 nitrogen and oxygen atoms in total. The Morgan fingerprint density at radius 3 is 2.61 bits per heavy atom. The molecule has 3 aliphatic rings. The second-order valence-electron chi connectivity index (χ2n) is 10.4. The molecule has 33 heavy (non-hydrogen) atoms. The zero-order valence-electron chi connectivity index (χ0n) is 19.6. The lowest BCUT2D eigenvalue weighted by molar-refractivity contribution is -0.00804. The Kier molecular flexibility index (Phi) is 6.04. The van der Waals surface area contributed by atoms with Crippen molar-refractivity contribution in [2.45, 2.75) is 77.4 Å². The van der Waals surface area contributed by atoms with E-state index in [0.717, 1.165) is 50.7 Å². The van der Waals surface area contributed by atoms with Gasteiger partial charge in [0.15, 0.2) is 0 Å². The maximum absolute atomic E-state index is 11.6. The first kappa shape index (κ1) is 22.9. The number of aryl methyl sites for hydroxylation is 2. The highest BCUT2D eigenvalue weighted by Crippen LogP contribution is 2.61. The summed E-state index contributed by atoms with van der Waals surface area (Å²) < 4.78 is 34.9. The number of benzene rings is 2. The van der Waals surface area contributed by atoms with Gasteiger partial charge in [-0.05, 0) is 96.4 Å². The number of nitrogens with two attached hydrogens (primary N) is 1. The lowest BCUT2D eigenvalue weighted by atomic mass is 9.55. The summed E-state index contributed by atoms with van der Waals surface area (Å²) in [6, 6.07) is 15.0. The van der Waals surface area contributed by atoms with Crippen LogP contribution in [0.25, 0.3) is 0 Å². The number of rotatable bonds is 6. The van der Waals surface area contributed by atoms with Gasteiger partial charge in [-0.2, -0.15) is 8.42 Å². The van der Waals surface area contributed by atoms with Crippen molar-refractivity contribution in [1.82, 2.24) is 0 Å². The Morgan fingerprint density at radius 1 is 1.09 bits per heavy atom. The SMILES string of the molecule is CCc1cc2c(cc1OCc1ccccc1)CC[C@@H]1[C@@H]2CC[C@]2(C)[C@@H](OS(N)(=O)=O)CC[C@@H]12. The average molecular weight is 470 g/mol. The summed E-state index contributed by atoms with van der Waals surface area (Å²) in [5.41, 5.74) is 5.27. The predicted octanol–water partition coefficient (Wildman–Crippen LogP) is 5.27. The Labute approximate surface area is 197 Å². The zero-order chi connectivity index (χ0) is 23.2. The molecule has 0 saturated heterocycles. The van der Waals surface area contributed by atoms with Crippen LogP contribution in [-0.2, 0) is 33.9 Å². The van der Waals surface area contributed by atoms with E-state index in [-0.39, 0.29) is 11.5 Å². The van der Waals surface area contributed by atoms with Crippen LogP contribution in [0.1, 0.15) is 74.1 Å². The summed E-state index contributed by atoms with van der Waals surface area (Å²) in [5.74, 6) is 2.61. The lowest BCUT2D eigenvalue weighted by Crippen LogP contribution is -2.45. The summed E-state index contributed by atoms with van der Waals surface area (Å²) in [6.45, 7) is 5.01. The van der Waals surface area contributed by atoms with Gasteiger partial charge in [0.05, 0.1) is 6.10 Å². The van der Waals surface area contributed by atoms with Gasteiger partial charge in [-0.3, -0.25) is 4.18 Å². The van der Waals surface area contributed by atoms with Crippen molar-refractivity contribution in [3.63, 3.8) is 0 Å². The van der Waals surface area contributed by atoms with Crippen molar-refractivity contribution in [1.29, 1.82) is 0 Å². The number of hydrogen-bond donors (Lipinski definition) is 1. The summed E-state index contributed by atoms with van der Waals surface area (Å²) in [5, 5.41) is 5.24. The summed E-state index contributed by atoms with van der Waals surface area (Å²) in [7, 11) is -3.93. The molecule has 0 aromatic heterocycles. The van der Waals surface area contributed by atoms with E-state index in [1.54, 1.807) is 0 Å². The molecule has 6 heteroatoms. The quantitative estimate of drug-likeness (QED) is 0.625. The summed E-state index contributed by atoms with van der Waals surface area (Å²) >= 11 is 0. The van der Waals surface area contributed by atoms with Crippen LogP contribution in [0, 0.1) is 17.3 Å². The smallest absolute Gasteiger partial charge is 0.333 e. The third-order valence-electron chi connectivity index (χ3n) is 8.69. The van der Waals surface area contributed by atoms with Crippen LogP contribution in [0.3, 0.4) is 0 Å². The molecule has 2 N–H and O–H groups in total. The van der Waals surface area contributed by atoms with Gasteiger partial charge in [-0.25, -0.2) is 5.14 Å². The van der Waals surface area contributed by atoms with Gasteiger partial charge < -0.3 is 4.74 Å². The molecule has 2 aromatic carbocycles. The van der Waals surface area contributed by atoms with Crippen LogP contribution < -0.4 is 9.88 Å². The van der Waals surface area contributed by atoms with Crippen molar-refractivity contribution in [3.05, 3.63) is 64.7 Å². The Morgan fingerprint density at radius 2 is 1.88 bits per heavy atom. The van der Waals surface area contributed by atoms with Gasteiger partial charge in [0.2, 0.25) is 0 Å². The van der Waals surface area contributed by atoms with Crippen LogP contribution in [-0.4, -0.2) is 14.5 Å². The van der Waals surface area contributed by atoms with Gasteiger partial charge >= 0.3 is 10.3 Å². The van der Waals surface area contributed by atoms with Crippen molar-refractivity contribution < 1.29 is 17.3 Å². The highest BCUT2D eigenvalue weighted by atomic mass is 32.2. The maximum Gasteiger partial charge on any atom is 0.333 e. The van der Waals surface area contributed by atoms with Crippen LogP contribution in [0.4, 0.5) is 0 Å². The standard InChI is InChI=1S/C27H35NO4S/c1-3-19-15-23-20(16-25(19)31-17-18-7-5-4-6-8-18)9-10-22-21(23)13-14-27(2)24(22)11-12-26(27)32-33(28,29)30/h4-8,15-16,21-22,24,26H,3,9-14,17H2,1-2H3,(H2,28,29,30)/t21-,22+,24-,26-,27-/m0/s1. The lowest BCUT2D eigenvalue weighted by Gasteiger charge is -2.50. The molecule has 0 bridgehead atoms. The molecular formula is C27H35NO4S. The number of ether oxygens (including phenoxy) is 1. The van der Waals surface area contributed by atoms with E-state index in [0.29, 0.717) is 24.4 Å². The molecule has 2 saturated carbocycles. The molecule has 0 amide bonds. The van der Waals surface area contributed by atoms with Crippen LogP contribution in [0.2, 0.25) is 0 Å². The van der Waals surface area contributed by atoms with E-state index in [4.69, 9.17) is 14.1 Å². The third kappa shape index (κ3) is 4.33. The topological polar surface area (TPSA) is 78.6 Å². The van der Waals surface area contributed by atoms with Crippen LogP contribution in [0.5, 0.6) is 5.75 Å². The third-order valence-corrected chi connectivity index (χ3v) is 9.19. The molecule has 2 fully saturated rings. The van der Waals surface area contributed by atoms with E-state index in [2.05, 4.69) is 38.1 Å². The fraction of sp³-hybridized carbons (Fsp3) is 0.556. The van der Waals surface area contributed by atoms with Crippen LogP contribution in [0.15, 0.2) is 42.5 Å². The minimum absolute atomic E-state index is 0.114. The minimum Gasteiger partial charge on any atom is -0.489 e. The van der Waals surface area contributed by atoms with E-state index in [9.17, 15) is 8.42 Å². The van der Waals surface area contributed by atoms with Gasteiger partial charge in [0, 0.05) is 0 Å². The average Bonchev–Trinajstić information content (AvgIpc) is 3.12. The number of hydrogen-bond acceptors (Lipinski definition) is 4. The normalized spacial score (nSPS) is 30.9. The molecular weight excluding hydrogens is 434 g/mol. The minimum atomic E-state index is -3.93. The molecule has 2 aromatic rings. The highest BCUT2D eigenvalue weighted by molar-refractivity contribution is 7.84. The fourth-order valence-electron chi connectivity index (χ4n) is 7.06. The van der Waals surface area contributed by atoms with Gasteiger partial charge in [0.1, 0.15) is 12.4 Å². The van der Waals surface area contributed by atoms with Crippen molar-refractivity contribution in [3.8, 4) is 5.75 Å². The predicted molar refractivity (Wildman–Crippen MR) is 129 cm³/mol. The monoisotopic (exact) mass is 469 g/mol. The van der Waals surface area contributed by atoms with E-state index in [1.807, 2.05) is 18.2 Å². The first-order valence-corrected chi connectivity index (χ1v) is 13.8. The first-order chi connectivity index (χ1) is 15.8. The molecule has 0 aliphatic heterocycles. The number of fused-ring (bicyclic) bond motifs is 5. The summed E-state index contributed by atoms with van der Waals surface area (Å²) in [4.78, 5) is 0. The molecule has 5 atom stereocenters. The molecule has 0 heterocycles. The molecule has 0 radical (unpaired) electrons. The molecule has 3 aliphatic carbocycles. The largest absolute Gasteiger partial charge is 0.489 e. The summed E-state index contributed by atoms with van der Waals surface area (Å²) in [6.07, 6.45) is 6.69.